The Morgan fingerprint density at radius 3 is 2.17 bits per heavy atom. The predicted octanol–water partition coefficient (Wildman–Crippen LogP) is 3.20. The Morgan fingerprint density at radius 2 is 1.67 bits per heavy atom. The van der Waals surface area contributed by atoms with Crippen LogP contribution in [0.5, 0.6) is 0 Å². The van der Waals surface area contributed by atoms with E-state index in [0.29, 0.717) is 12.5 Å². The van der Waals surface area contributed by atoms with Gasteiger partial charge in [-0.3, -0.25) is 0 Å². The summed E-state index contributed by atoms with van der Waals surface area (Å²) in [5.74, 6) is -1.90. The monoisotopic (exact) mass is 355 g/mol. The normalized spacial score (nSPS) is 14.3. The molecule has 0 saturated heterocycles. The van der Waals surface area contributed by atoms with Crippen LogP contribution in [0.1, 0.15) is 18.9 Å². The smallest absolute Gasteiger partial charge is 0.240 e. The first kappa shape index (κ1) is 18.5. The molecular formula is C17H19F2NO3S. The van der Waals surface area contributed by atoms with Gasteiger partial charge in [-0.2, -0.15) is 0 Å². The Hall–Kier alpha value is -1.83. The highest BCUT2D eigenvalue weighted by molar-refractivity contribution is 7.89. The topological polar surface area (TPSA) is 55.4 Å². The lowest BCUT2D eigenvalue weighted by atomic mass is 9.91. The molecule has 0 aliphatic heterocycles. The summed E-state index contributed by atoms with van der Waals surface area (Å²) in [6.07, 6.45) is 0.507. The number of benzene rings is 2. The lowest BCUT2D eigenvalue weighted by Gasteiger charge is -2.32. The molecule has 0 heterocycles. The van der Waals surface area contributed by atoms with Gasteiger partial charge in [0.05, 0.1) is 4.90 Å². The third kappa shape index (κ3) is 3.98. The third-order valence-corrected chi connectivity index (χ3v) is 5.34. The van der Waals surface area contributed by atoms with Crippen molar-refractivity contribution < 1.29 is 21.9 Å². The average Bonchev–Trinajstić information content (AvgIpc) is 2.56. The van der Waals surface area contributed by atoms with Crippen LogP contribution in [0, 0.1) is 11.6 Å². The van der Waals surface area contributed by atoms with Crippen LogP contribution in [-0.2, 0) is 20.4 Å². The van der Waals surface area contributed by atoms with Gasteiger partial charge in [-0.1, -0.05) is 37.3 Å². The molecule has 1 N–H and O–H groups in total. The molecule has 2 rings (SSSR count). The minimum absolute atomic E-state index is 0.0650. The molecule has 2 aromatic rings. The van der Waals surface area contributed by atoms with Crippen LogP contribution in [0.25, 0.3) is 0 Å². The van der Waals surface area contributed by atoms with E-state index in [9.17, 15) is 17.2 Å². The van der Waals surface area contributed by atoms with E-state index < -0.39 is 32.2 Å². The molecule has 0 fully saturated rings. The summed E-state index contributed by atoms with van der Waals surface area (Å²) in [5, 5.41) is 0. The van der Waals surface area contributed by atoms with Gasteiger partial charge in [-0.05, 0) is 24.1 Å². The summed E-state index contributed by atoms with van der Waals surface area (Å²) >= 11 is 0. The number of ether oxygens (including phenoxy) is 1. The van der Waals surface area contributed by atoms with Crippen LogP contribution in [-0.4, -0.2) is 22.1 Å². The SMILES string of the molecule is CCC(CNS(=O)(=O)c1cc(F)cc(F)c1)(OC)c1ccccc1. The Morgan fingerprint density at radius 1 is 1.08 bits per heavy atom. The molecule has 4 nitrogen and oxygen atoms in total. The summed E-state index contributed by atoms with van der Waals surface area (Å²) in [5.41, 5.74) is -0.0664. The van der Waals surface area contributed by atoms with Gasteiger partial charge in [0.2, 0.25) is 10.0 Å². The van der Waals surface area contributed by atoms with Crippen molar-refractivity contribution in [2.24, 2.45) is 0 Å². The number of sulfonamides is 1. The van der Waals surface area contributed by atoms with Gasteiger partial charge in [0.1, 0.15) is 17.2 Å². The number of hydrogen-bond donors (Lipinski definition) is 1. The predicted molar refractivity (Wildman–Crippen MR) is 87.0 cm³/mol. The highest BCUT2D eigenvalue weighted by atomic mass is 32.2. The molecule has 130 valence electrons. The zero-order chi connectivity index (χ0) is 17.8. The van der Waals surface area contributed by atoms with E-state index in [1.54, 1.807) is 0 Å². The minimum atomic E-state index is -4.08. The van der Waals surface area contributed by atoms with Gasteiger partial charge in [-0.25, -0.2) is 21.9 Å². The van der Waals surface area contributed by atoms with Crippen LogP contribution >= 0.6 is 0 Å². The third-order valence-electron chi connectivity index (χ3n) is 3.96. The van der Waals surface area contributed by atoms with E-state index in [1.165, 1.54) is 7.11 Å². The van der Waals surface area contributed by atoms with E-state index in [0.717, 1.165) is 17.7 Å². The average molecular weight is 355 g/mol. The maximum Gasteiger partial charge on any atom is 0.240 e. The van der Waals surface area contributed by atoms with Crippen LogP contribution in [0.4, 0.5) is 8.78 Å². The molecule has 1 atom stereocenters. The first-order valence-corrected chi connectivity index (χ1v) is 8.88. The van der Waals surface area contributed by atoms with Gasteiger partial charge in [0, 0.05) is 19.7 Å². The summed E-state index contributed by atoms with van der Waals surface area (Å²) in [4.78, 5) is -0.464. The first-order valence-electron chi connectivity index (χ1n) is 7.39. The maximum absolute atomic E-state index is 13.3. The van der Waals surface area contributed by atoms with E-state index >= 15 is 0 Å². The molecule has 0 radical (unpaired) electrons. The highest BCUT2D eigenvalue weighted by Gasteiger charge is 2.32. The standard InChI is InChI=1S/C17H19F2NO3S/c1-3-17(23-2,13-7-5-4-6-8-13)12-20-24(21,22)16-10-14(18)9-15(19)11-16/h4-11,20H,3,12H2,1-2H3. The second-order valence-electron chi connectivity index (χ2n) is 5.35. The first-order chi connectivity index (χ1) is 11.3. The molecule has 1 unspecified atom stereocenters. The lowest BCUT2D eigenvalue weighted by molar-refractivity contribution is -0.0133. The van der Waals surface area contributed by atoms with Crippen LogP contribution in [0.15, 0.2) is 53.4 Å². The molecule has 24 heavy (non-hydrogen) atoms. The molecule has 0 amide bonds. The van der Waals surface area contributed by atoms with Gasteiger partial charge >= 0.3 is 0 Å². The second kappa shape index (κ2) is 7.38. The van der Waals surface area contributed by atoms with E-state index in [4.69, 9.17) is 4.74 Å². The van der Waals surface area contributed by atoms with Gasteiger partial charge in [-0.15, -0.1) is 0 Å². The highest BCUT2D eigenvalue weighted by Crippen LogP contribution is 2.28. The molecule has 2 aromatic carbocycles. The molecule has 0 bridgehead atoms. The summed E-state index contributed by atoms with van der Waals surface area (Å²) < 4.78 is 59.2. The van der Waals surface area contributed by atoms with Gasteiger partial charge in [0.15, 0.2) is 0 Å². The Labute approximate surface area is 140 Å². The van der Waals surface area contributed by atoms with Crippen molar-refractivity contribution in [2.45, 2.75) is 23.8 Å². The summed E-state index contributed by atoms with van der Waals surface area (Å²) in [6.45, 7) is 1.80. The van der Waals surface area contributed by atoms with Crippen molar-refractivity contribution in [1.29, 1.82) is 0 Å². The fourth-order valence-electron chi connectivity index (χ4n) is 2.49. The Balaban J connectivity index is 2.29. The van der Waals surface area contributed by atoms with E-state index in [2.05, 4.69) is 4.72 Å². The maximum atomic E-state index is 13.3. The van der Waals surface area contributed by atoms with Crippen molar-refractivity contribution in [2.75, 3.05) is 13.7 Å². The number of halogens is 2. The van der Waals surface area contributed by atoms with Gasteiger partial charge < -0.3 is 4.74 Å². The zero-order valence-electron chi connectivity index (χ0n) is 13.4. The molecular weight excluding hydrogens is 336 g/mol. The molecule has 0 aliphatic carbocycles. The van der Waals surface area contributed by atoms with Crippen molar-refractivity contribution in [3.05, 3.63) is 65.7 Å². The van der Waals surface area contributed by atoms with Crippen molar-refractivity contribution in [3.63, 3.8) is 0 Å². The van der Waals surface area contributed by atoms with Gasteiger partial charge in [0.25, 0.3) is 0 Å². The summed E-state index contributed by atoms with van der Waals surface area (Å²) in [7, 11) is -2.58. The number of nitrogens with one attached hydrogen (secondary N) is 1. The largest absolute Gasteiger partial charge is 0.372 e. The number of rotatable bonds is 7. The fourth-order valence-corrected chi connectivity index (χ4v) is 3.61. The fraction of sp³-hybridized carbons (Fsp3) is 0.294. The molecule has 0 aromatic heterocycles. The quantitative estimate of drug-likeness (QED) is 0.830. The van der Waals surface area contributed by atoms with Crippen molar-refractivity contribution in [1.82, 2.24) is 4.72 Å². The van der Waals surface area contributed by atoms with Crippen LogP contribution in [0.2, 0.25) is 0 Å². The van der Waals surface area contributed by atoms with Crippen LogP contribution in [0.3, 0.4) is 0 Å². The number of methoxy groups -OCH3 is 1. The van der Waals surface area contributed by atoms with E-state index in [-0.39, 0.29) is 6.54 Å². The molecule has 0 saturated carbocycles. The molecule has 0 aliphatic rings. The lowest BCUT2D eigenvalue weighted by Crippen LogP contribution is -2.41. The number of hydrogen-bond acceptors (Lipinski definition) is 3. The zero-order valence-corrected chi connectivity index (χ0v) is 14.2. The Bertz CT molecular complexity index is 770. The summed E-state index contributed by atoms with van der Waals surface area (Å²) in [6, 6.07) is 11.3. The molecule has 7 heteroatoms. The Kier molecular flexibility index (Phi) is 5.69. The second-order valence-corrected chi connectivity index (χ2v) is 7.11. The van der Waals surface area contributed by atoms with E-state index in [1.807, 2.05) is 37.3 Å². The minimum Gasteiger partial charge on any atom is -0.372 e. The van der Waals surface area contributed by atoms with Crippen LogP contribution < -0.4 is 4.72 Å². The molecule has 0 spiro atoms. The van der Waals surface area contributed by atoms with Crippen molar-refractivity contribution >= 4 is 10.0 Å². The van der Waals surface area contributed by atoms with Crippen molar-refractivity contribution in [3.8, 4) is 0 Å².